The summed E-state index contributed by atoms with van der Waals surface area (Å²) in [5.74, 6) is -0.559. The van der Waals surface area contributed by atoms with Crippen molar-refractivity contribution in [1.29, 1.82) is 0 Å². The summed E-state index contributed by atoms with van der Waals surface area (Å²) < 4.78 is 36.4. The number of hydrogen-bond donors (Lipinski definition) is 1. The Hall–Kier alpha value is -1.41. The molecule has 122 valence electrons. The first-order chi connectivity index (χ1) is 10.2. The van der Waals surface area contributed by atoms with Crippen molar-refractivity contribution in [2.75, 3.05) is 13.1 Å². The number of alkyl halides is 3. The summed E-state index contributed by atoms with van der Waals surface area (Å²) in [6.45, 7) is 0.336. The van der Waals surface area contributed by atoms with E-state index in [1.165, 1.54) is 17.3 Å². The van der Waals surface area contributed by atoms with Gasteiger partial charge in [-0.25, -0.2) is 4.98 Å². The maximum atomic E-state index is 12.1. The molecule has 2 heterocycles. The topological polar surface area (TPSA) is 66.3 Å². The summed E-state index contributed by atoms with van der Waals surface area (Å²) >= 11 is 5.73. The molecule has 1 aliphatic rings. The minimum Gasteiger partial charge on any atom is -0.383 e. The third-order valence-electron chi connectivity index (χ3n) is 3.65. The Morgan fingerprint density at radius 1 is 1.36 bits per heavy atom. The summed E-state index contributed by atoms with van der Waals surface area (Å²) in [7, 11) is 0. The number of piperidine rings is 1. The third kappa shape index (κ3) is 4.30. The van der Waals surface area contributed by atoms with E-state index in [9.17, 15) is 23.1 Å². The maximum absolute atomic E-state index is 12.1. The molecule has 22 heavy (non-hydrogen) atoms. The lowest BCUT2D eigenvalue weighted by atomic mass is 9.88. The van der Waals surface area contributed by atoms with Gasteiger partial charge in [0.1, 0.15) is 10.8 Å². The van der Waals surface area contributed by atoms with Crippen LogP contribution in [0, 0.1) is 0 Å². The molecule has 1 N–H and O–H groups in total. The van der Waals surface area contributed by atoms with Gasteiger partial charge in [-0.3, -0.25) is 9.78 Å². The molecule has 1 aromatic rings. The van der Waals surface area contributed by atoms with Crippen LogP contribution in [0.3, 0.4) is 0 Å². The number of hydrogen-bond acceptors (Lipinski definition) is 4. The van der Waals surface area contributed by atoms with E-state index in [4.69, 9.17) is 11.6 Å². The Balaban J connectivity index is 1.93. The smallest absolute Gasteiger partial charge is 0.383 e. The van der Waals surface area contributed by atoms with E-state index in [1.54, 1.807) is 0 Å². The highest BCUT2D eigenvalue weighted by Crippen LogP contribution is 2.32. The Labute approximate surface area is 130 Å². The van der Waals surface area contributed by atoms with Gasteiger partial charge in [-0.15, -0.1) is 0 Å². The molecule has 0 atom stereocenters. The summed E-state index contributed by atoms with van der Waals surface area (Å²) in [5.41, 5.74) is -0.957. The third-order valence-corrected chi connectivity index (χ3v) is 3.83. The van der Waals surface area contributed by atoms with E-state index in [1.807, 2.05) is 0 Å². The summed E-state index contributed by atoms with van der Waals surface area (Å²) in [5, 5.41) is 10.7. The molecule has 1 aliphatic heterocycles. The number of amides is 1. The Morgan fingerprint density at radius 3 is 2.55 bits per heavy atom. The first-order valence-corrected chi connectivity index (χ1v) is 7.12. The highest BCUT2D eigenvalue weighted by atomic mass is 35.5. The first kappa shape index (κ1) is 17.0. The number of aliphatic hydroxyl groups is 1. The van der Waals surface area contributed by atoms with Crippen molar-refractivity contribution in [2.45, 2.75) is 37.5 Å². The number of carbonyl (C=O) groups excluding carboxylic acids is 1. The van der Waals surface area contributed by atoms with Crippen LogP contribution in [-0.2, 0) is 10.4 Å². The molecule has 9 heteroatoms. The molecule has 5 nitrogen and oxygen atoms in total. The van der Waals surface area contributed by atoms with E-state index in [0.29, 0.717) is 5.69 Å². The van der Waals surface area contributed by atoms with Crippen LogP contribution < -0.4 is 0 Å². The van der Waals surface area contributed by atoms with E-state index < -0.39 is 30.5 Å². The van der Waals surface area contributed by atoms with Gasteiger partial charge in [0.2, 0.25) is 5.91 Å². The van der Waals surface area contributed by atoms with Crippen LogP contribution in [0.2, 0.25) is 5.15 Å². The lowest BCUT2D eigenvalue weighted by Gasteiger charge is -2.37. The number of nitrogens with zero attached hydrogens (tertiary/aromatic N) is 3. The first-order valence-electron chi connectivity index (χ1n) is 6.74. The molecule has 1 amide bonds. The fourth-order valence-electron chi connectivity index (χ4n) is 2.36. The lowest BCUT2D eigenvalue weighted by molar-refractivity contribution is -0.151. The Morgan fingerprint density at radius 2 is 2.00 bits per heavy atom. The quantitative estimate of drug-likeness (QED) is 0.919. The average Bonchev–Trinajstić information content (AvgIpc) is 2.45. The molecule has 0 spiro atoms. The monoisotopic (exact) mass is 337 g/mol. The van der Waals surface area contributed by atoms with Gasteiger partial charge in [0, 0.05) is 19.5 Å². The molecule has 0 aromatic carbocycles. The molecule has 1 saturated heterocycles. The van der Waals surface area contributed by atoms with Crippen LogP contribution in [0.1, 0.15) is 31.4 Å². The number of likely N-dealkylation sites (tertiary alicyclic amines) is 1. The van der Waals surface area contributed by atoms with Crippen molar-refractivity contribution in [2.24, 2.45) is 0 Å². The van der Waals surface area contributed by atoms with E-state index in [0.717, 1.165) is 0 Å². The highest BCUT2D eigenvalue weighted by molar-refractivity contribution is 6.29. The summed E-state index contributed by atoms with van der Waals surface area (Å²) in [4.78, 5) is 20.9. The average molecular weight is 338 g/mol. The van der Waals surface area contributed by atoms with Crippen LogP contribution in [0.15, 0.2) is 12.4 Å². The van der Waals surface area contributed by atoms with Gasteiger partial charge in [0.25, 0.3) is 0 Å². The molecule has 1 aromatic heterocycles. The minimum atomic E-state index is -4.34. The normalized spacial score (nSPS) is 18.3. The van der Waals surface area contributed by atoms with Gasteiger partial charge in [-0.05, 0) is 12.8 Å². The number of halogens is 4. The fourth-order valence-corrected chi connectivity index (χ4v) is 2.50. The summed E-state index contributed by atoms with van der Waals surface area (Å²) in [6.07, 6.45) is -2.95. The van der Waals surface area contributed by atoms with Crippen molar-refractivity contribution in [3.8, 4) is 0 Å². The van der Waals surface area contributed by atoms with Gasteiger partial charge in [0.05, 0.1) is 24.5 Å². The van der Waals surface area contributed by atoms with Gasteiger partial charge < -0.3 is 10.0 Å². The van der Waals surface area contributed by atoms with Gasteiger partial charge in [0.15, 0.2) is 0 Å². The zero-order valence-electron chi connectivity index (χ0n) is 11.6. The van der Waals surface area contributed by atoms with Crippen LogP contribution >= 0.6 is 11.6 Å². The largest absolute Gasteiger partial charge is 0.389 e. The molecular formula is C13H15ClF3N3O2. The van der Waals surface area contributed by atoms with Gasteiger partial charge >= 0.3 is 6.18 Å². The predicted molar refractivity (Wildman–Crippen MR) is 72.0 cm³/mol. The Bertz CT molecular complexity index is 546. The second-order valence-electron chi connectivity index (χ2n) is 5.25. The standard InChI is InChI=1S/C13H15ClF3N3O2/c14-10-8-18-7-9(19-10)12(22)3-5-20(6-4-12)11(21)1-2-13(15,16)17/h7-8,22H,1-6H2. The fraction of sp³-hybridized carbons (Fsp3) is 0.615. The predicted octanol–water partition coefficient (Wildman–Crippen LogP) is 2.28. The SMILES string of the molecule is O=C(CCC(F)(F)F)N1CCC(O)(c2cncc(Cl)n2)CC1. The van der Waals surface area contributed by atoms with Crippen molar-refractivity contribution in [3.05, 3.63) is 23.2 Å². The second-order valence-corrected chi connectivity index (χ2v) is 5.64. The molecule has 2 rings (SSSR count). The molecule has 0 unspecified atom stereocenters. The molecule has 0 radical (unpaired) electrons. The lowest BCUT2D eigenvalue weighted by Crippen LogP contribution is -2.45. The highest BCUT2D eigenvalue weighted by Gasteiger charge is 2.37. The number of rotatable bonds is 3. The van der Waals surface area contributed by atoms with Crippen LogP contribution in [0.5, 0.6) is 0 Å². The minimum absolute atomic E-state index is 0.148. The van der Waals surface area contributed by atoms with Crippen LogP contribution in [-0.4, -0.2) is 45.1 Å². The van der Waals surface area contributed by atoms with E-state index >= 15 is 0 Å². The molecule has 0 bridgehead atoms. The van der Waals surface area contributed by atoms with E-state index in [2.05, 4.69) is 9.97 Å². The van der Waals surface area contributed by atoms with Crippen molar-refractivity contribution in [3.63, 3.8) is 0 Å². The van der Waals surface area contributed by atoms with Crippen molar-refractivity contribution in [1.82, 2.24) is 14.9 Å². The van der Waals surface area contributed by atoms with Crippen LogP contribution in [0.25, 0.3) is 0 Å². The van der Waals surface area contributed by atoms with Crippen molar-refractivity contribution < 1.29 is 23.1 Å². The van der Waals surface area contributed by atoms with Crippen molar-refractivity contribution >= 4 is 17.5 Å². The van der Waals surface area contributed by atoms with E-state index in [-0.39, 0.29) is 31.1 Å². The number of carbonyl (C=O) groups is 1. The zero-order chi connectivity index (χ0) is 16.4. The molecule has 0 aliphatic carbocycles. The number of aromatic nitrogens is 2. The molecule has 1 fully saturated rings. The van der Waals surface area contributed by atoms with Gasteiger partial charge in [-0.1, -0.05) is 11.6 Å². The second kappa shape index (κ2) is 6.37. The Kier molecular flexibility index (Phi) is 4.91. The zero-order valence-corrected chi connectivity index (χ0v) is 12.4. The van der Waals surface area contributed by atoms with Crippen LogP contribution in [0.4, 0.5) is 13.2 Å². The summed E-state index contributed by atoms with van der Waals surface area (Å²) in [6, 6.07) is 0. The molecule has 0 saturated carbocycles. The van der Waals surface area contributed by atoms with Gasteiger partial charge in [-0.2, -0.15) is 13.2 Å². The molecular weight excluding hydrogens is 323 g/mol. The maximum Gasteiger partial charge on any atom is 0.389 e.